The van der Waals surface area contributed by atoms with Crippen LogP contribution in [0.25, 0.3) is 53.1 Å². The van der Waals surface area contributed by atoms with Gasteiger partial charge in [0.25, 0.3) is 0 Å². The van der Waals surface area contributed by atoms with E-state index in [9.17, 15) is 14.7 Å². The van der Waals surface area contributed by atoms with Gasteiger partial charge in [-0.15, -0.1) is 0 Å². The highest BCUT2D eigenvalue weighted by Crippen LogP contribution is 2.48. The van der Waals surface area contributed by atoms with Crippen molar-refractivity contribution in [2.75, 3.05) is 67.9 Å². The predicted octanol–water partition coefficient (Wildman–Crippen LogP) is 10.4. The van der Waals surface area contributed by atoms with Gasteiger partial charge in [0.1, 0.15) is 28.6 Å². The first kappa shape index (κ1) is 52.7. The van der Waals surface area contributed by atoms with E-state index in [1.807, 2.05) is 129 Å². The number of ether oxygens (including phenoxy) is 3. The Bertz CT molecular complexity index is 3880. The molecule has 2 aromatic carbocycles. The van der Waals surface area contributed by atoms with Crippen LogP contribution in [-0.2, 0) is 15.7 Å². The zero-order valence-electron chi connectivity index (χ0n) is 45.0. The van der Waals surface area contributed by atoms with Crippen LogP contribution in [0.15, 0.2) is 106 Å². The van der Waals surface area contributed by atoms with Gasteiger partial charge in [0.15, 0.2) is 27.3 Å². The van der Waals surface area contributed by atoms with Crippen molar-refractivity contribution < 1.29 is 38.0 Å². The Labute approximate surface area is 466 Å². The molecule has 2 aliphatic rings. The van der Waals surface area contributed by atoms with Gasteiger partial charge in [0.05, 0.1) is 52.3 Å². The standard InChI is InChI=1S/C56H60N14O8S2/c1-53(2,3)41-27-43(66-77-41)62-49(72)58-35-11-7-33(8-12-35)38-30-69-40-16-18-46(65-48(40)80-52(69)61-38)76-32-56(21-22-56)70(24-25-71)54(4,5)42-28-44(67-78-42)63-50(73)59-36-13-9-34(10-14-36)37-29-68-39-15-17-45(64-47(39)79-51(68)60-37)75-31-55(19-20-55)57-23-26-74-6/h7-18,27-30,57,71H,19-26,31-32H2,1-6H3,(H2,58,62,66,72)(H2,59,63,67,73). The molecule has 0 saturated heterocycles. The Morgan fingerprint density at radius 2 is 1.19 bits per heavy atom. The van der Waals surface area contributed by atoms with E-state index in [0.717, 1.165) is 85.4 Å². The van der Waals surface area contributed by atoms with Crippen molar-refractivity contribution in [3.05, 3.63) is 109 Å². The molecule has 6 N–H and O–H groups in total. The molecule has 24 heteroatoms. The van der Waals surface area contributed by atoms with Crippen LogP contribution in [0.3, 0.4) is 0 Å². The summed E-state index contributed by atoms with van der Waals surface area (Å²) >= 11 is 2.96. The van der Waals surface area contributed by atoms with Crippen LogP contribution in [0.2, 0.25) is 0 Å². The minimum absolute atomic E-state index is 0.0000342. The zero-order valence-corrected chi connectivity index (χ0v) is 46.6. The number of benzene rings is 2. The Kier molecular flexibility index (Phi) is 13.8. The van der Waals surface area contributed by atoms with Gasteiger partial charge in [0, 0.05) is 84.8 Å². The zero-order chi connectivity index (χ0) is 55.4. The van der Waals surface area contributed by atoms with Gasteiger partial charge in [-0.1, -0.05) is 78.0 Å². The second kappa shape index (κ2) is 20.9. The Hall–Kier alpha value is -8.00. The van der Waals surface area contributed by atoms with E-state index in [0.29, 0.717) is 66.8 Å². The molecule has 10 aromatic rings. The number of aliphatic hydroxyl groups excluding tert-OH is 1. The fourth-order valence-corrected chi connectivity index (χ4v) is 11.8. The Morgan fingerprint density at radius 3 is 1.66 bits per heavy atom. The molecule has 0 unspecified atom stereocenters. The number of carbonyl (C=O) groups is 2. The number of carbonyl (C=O) groups excluding carboxylic acids is 2. The summed E-state index contributed by atoms with van der Waals surface area (Å²) in [6.07, 6.45) is 7.77. The summed E-state index contributed by atoms with van der Waals surface area (Å²) in [6, 6.07) is 25.2. The maximum absolute atomic E-state index is 13.3. The number of rotatable bonds is 21. The third-order valence-corrected chi connectivity index (χ3v) is 16.6. The third kappa shape index (κ3) is 10.9. The first-order valence-electron chi connectivity index (χ1n) is 26.3. The van der Waals surface area contributed by atoms with E-state index in [1.54, 1.807) is 19.2 Å². The molecule has 2 saturated carbocycles. The van der Waals surface area contributed by atoms with Crippen LogP contribution in [-0.4, -0.2) is 119 Å². The monoisotopic (exact) mass is 1120 g/mol. The summed E-state index contributed by atoms with van der Waals surface area (Å²) in [5.41, 5.74) is 4.99. The van der Waals surface area contributed by atoms with Gasteiger partial charge in [-0.25, -0.2) is 29.5 Å². The molecule has 8 heterocycles. The number of aromatic nitrogens is 8. The number of fused-ring (bicyclic) bond motifs is 6. The van der Waals surface area contributed by atoms with E-state index >= 15 is 0 Å². The number of aliphatic hydroxyl groups is 1. The summed E-state index contributed by atoms with van der Waals surface area (Å²) in [5.74, 6) is 2.83. The summed E-state index contributed by atoms with van der Waals surface area (Å²) in [5, 5.41) is 33.2. The molecule has 2 fully saturated rings. The minimum Gasteiger partial charge on any atom is -0.476 e. The maximum atomic E-state index is 13.3. The number of thiazole rings is 2. The van der Waals surface area contributed by atoms with Crippen molar-refractivity contribution in [3.8, 4) is 34.3 Å². The molecule has 414 valence electrons. The van der Waals surface area contributed by atoms with Gasteiger partial charge in [-0.3, -0.25) is 24.3 Å². The largest absolute Gasteiger partial charge is 0.476 e. The number of hydrogen-bond acceptors (Lipinski definition) is 18. The van der Waals surface area contributed by atoms with Crippen LogP contribution in [0.4, 0.5) is 32.6 Å². The molecule has 2 aliphatic carbocycles. The SMILES string of the molecule is COCCNC1(COc2ccc3c(n2)sc2nc(-c4ccc(NC(=O)Nc5cc(C(C)(C)N(CCO)C6(COc7ccc8c(n7)sc7nc(-c9ccc(NC(=O)Nc%10cc(C(C)(C)C)on%10)cc9)cn78)CC6)on5)cc4)cn23)CC1. The van der Waals surface area contributed by atoms with Crippen molar-refractivity contribution in [1.82, 2.24) is 49.3 Å². The number of amides is 4. The number of nitrogens with one attached hydrogen (secondary N) is 5. The van der Waals surface area contributed by atoms with Gasteiger partial charge < -0.3 is 44.3 Å². The predicted molar refractivity (Wildman–Crippen MR) is 306 cm³/mol. The number of anilines is 4. The van der Waals surface area contributed by atoms with Crippen LogP contribution in [0, 0.1) is 0 Å². The van der Waals surface area contributed by atoms with Gasteiger partial charge in [-0.05, 0) is 75.9 Å². The smallest absolute Gasteiger partial charge is 0.324 e. The second-order valence-corrected chi connectivity index (χ2v) is 23.8. The first-order chi connectivity index (χ1) is 38.6. The van der Waals surface area contributed by atoms with Gasteiger partial charge in [0.2, 0.25) is 11.8 Å². The fourth-order valence-electron chi connectivity index (χ4n) is 9.83. The van der Waals surface area contributed by atoms with Crippen LogP contribution in [0.1, 0.15) is 71.8 Å². The molecular formula is C56H60N14O8S2. The molecule has 0 bridgehead atoms. The van der Waals surface area contributed by atoms with E-state index in [-0.39, 0.29) is 23.4 Å². The molecule has 8 aromatic heterocycles. The van der Waals surface area contributed by atoms with E-state index in [2.05, 4.69) is 41.8 Å². The van der Waals surface area contributed by atoms with Gasteiger partial charge in [-0.2, -0.15) is 0 Å². The van der Waals surface area contributed by atoms with Crippen LogP contribution >= 0.6 is 22.7 Å². The molecule has 22 nitrogen and oxygen atoms in total. The lowest BCUT2D eigenvalue weighted by Crippen LogP contribution is -2.53. The minimum atomic E-state index is -0.750. The summed E-state index contributed by atoms with van der Waals surface area (Å²) in [6.45, 7) is 12.6. The third-order valence-electron chi connectivity index (χ3n) is 14.6. The highest BCUT2D eigenvalue weighted by Gasteiger charge is 2.55. The van der Waals surface area contributed by atoms with Crippen molar-refractivity contribution in [1.29, 1.82) is 0 Å². The lowest BCUT2D eigenvalue weighted by Gasteiger charge is -2.42. The number of imidazole rings is 2. The number of hydrogen-bond donors (Lipinski definition) is 6. The molecule has 12 rings (SSSR count). The summed E-state index contributed by atoms with van der Waals surface area (Å²) in [4.78, 5) is 50.7. The number of urea groups is 2. The van der Waals surface area contributed by atoms with Crippen molar-refractivity contribution in [2.24, 2.45) is 0 Å². The van der Waals surface area contributed by atoms with Gasteiger partial charge >= 0.3 is 12.1 Å². The fraction of sp³-hybridized carbons (Fsp3) is 0.357. The lowest BCUT2D eigenvalue weighted by atomic mass is 9.93. The molecule has 0 aliphatic heterocycles. The Morgan fingerprint density at radius 1 is 0.675 bits per heavy atom. The molecule has 0 spiro atoms. The molecule has 0 radical (unpaired) electrons. The molecule has 4 amide bonds. The number of pyridine rings is 2. The Balaban J connectivity index is 0.636. The average Bonchev–Trinajstić information content (AvgIpc) is 3.98. The van der Waals surface area contributed by atoms with Crippen LogP contribution < -0.4 is 36.1 Å². The topological polar surface area (TPSA) is 258 Å². The average molecular weight is 1120 g/mol. The van der Waals surface area contributed by atoms with Crippen molar-refractivity contribution in [2.45, 2.75) is 82.3 Å². The quantitative estimate of drug-likeness (QED) is 0.0366. The van der Waals surface area contributed by atoms with Crippen molar-refractivity contribution in [3.63, 3.8) is 0 Å². The molecular weight excluding hydrogens is 1060 g/mol. The number of methoxy groups -OCH3 is 1. The highest BCUT2D eigenvalue weighted by molar-refractivity contribution is 7.23. The van der Waals surface area contributed by atoms with Crippen LogP contribution in [0.5, 0.6) is 11.8 Å². The normalized spacial score (nSPS) is 14.8. The summed E-state index contributed by atoms with van der Waals surface area (Å²) in [7, 11) is 1.70. The lowest BCUT2D eigenvalue weighted by molar-refractivity contribution is -0.00369. The van der Waals surface area contributed by atoms with E-state index in [4.69, 9.17) is 43.2 Å². The van der Waals surface area contributed by atoms with E-state index < -0.39 is 23.1 Å². The maximum Gasteiger partial charge on any atom is 0.324 e. The highest BCUT2D eigenvalue weighted by atomic mass is 32.1. The number of β-amino-alcohol motifs (C(OH)–C–C–N with tert-alkyl or cyclic N) is 1. The summed E-state index contributed by atoms with van der Waals surface area (Å²) < 4.78 is 33.0. The second-order valence-electron chi connectivity index (χ2n) is 21.9. The molecule has 0 atom stereocenters. The van der Waals surface area contributed by atoms with E-state index in [1.165, 1.54) is 22.7 Å². The molecule has 80 heavy (non-hydrogen) atoms. The first-order valence-corrected chi connectivity index (χ1v) is 28.0. The number of nitrogens with zero attached hydrogens (tertiary/aromatic N) is 9. The van der Waals surface area contributed by atoms with Crippen molar-refractivity contribution >= 4 is 88.4 Å².